The Kier molecular flexibility index (Phi) is 9.04. The summed E-state index contributed by atoms with van der Waals surface area (Å²) in [5.74, 6) is 0. The molecule has 2 aromatic heterocycles. The Morgan fingerprint density at radius 2 is 0.812 bits per heavy atom. The molecule has 0 aliphatic carbocycles. The van der Waals surface area contributed by atoms with Crippen molar-refractivity contribution in [1.29, 1.82) is 0 Å². The molecule has 11 aromatic rings. The van der Waals surface area contributed by atoms with Crippen LogP contribution in [-0.4, -0.2) is 0 Å². The zero-order valence-corrected chi connectivity index (χ0v) is 37.9. The molecule has 0 aliphatic heterocycles. The molecule has 0 spiro atoms. The van der Waals surface area contributed by atoms with Gasteiger partial charge in [-0.15, -0.1) is 0 Å². The van der Waals surface area contributed by atoms with Crippen molar-refractivity contribution in [2.45, 2.75) is 66.2 Å². The van der Waals surface area contributed by atoms with E-state index in [1.807, 2.05) is 0 Å². The fraction of sp³-hybridized carbons (Fsp3) is 0.167. The SMILES string of the molecule is Cc1ccccc1N(c1ccc2cc3c(cc2c1)oc1c3ccc2oc3cc4cc(N(c5ccccc5C)c5ccccc5C(C)(C)C)ccc4cc3c21)c1ccccc1C(C)(C)C. The second-order valence-corrected chi connectivity index (χ2v) is 19.6. The van der Waals surface area contributed by atoms with Gasteiger partial charge in [-0.05, 0) is 153 Å². The van der Waals surface area contributed by atoms with Crippen LogP contribution in [0.25, 0.3) is 65.4 Å². The van der Waals surface area contributed by atoms with E-state index in [4.69, 9.17) is 8.83 Å². The average molecular weight is 833 g/mol. The number of rotatable bonds is 6. The summed E-state index contributed by atoms with van der Waals surface area (Å²) in [6.45, 7) is 18.1. The van der Waals surface area contributed by atoms with Crippen LogP contribution in [0, 0.1) is 13.8 Å². The number of anilines is 6. The Balaban J connectivity index is 1.05. The normalized spacial score (nSPS) is 12.4. The van der Waals surface area contributed by atoms with Crippen molar-refractivity contribution in [3.8, 4) is 0 Å². The van der Waals surface area contributed by atoms with Gasteiger partial charge >= 0.3 is 0 Å². The highest BCUT2D eigenvalue weighted by atomic mass is 16.3. The molecule has 0 saturated carbocycles. The fourth-order valence-electron chi connectivity index (χ4n) is 9.88. The Morgan fingerprint density at radius 3 is 1.31 bits per heavy atom. The maximum atomic E-state index is 6.92. The summed E-state index contributed by atoms with van der Waals surface area (Å²) in [6.07, 6.45) is 0. The van der Waals surface area contributed by atoms with Crippen LogP contribution in [0.3, 0.4) is 0 Å². The number of aryl methyl sites for hydroxylation is 2. The Hall–Kier alpha value is -7.30. The summed E-state index contributed by atoms with van der Waals surface area (Å²) < 4.78 is 13.6. The smallest absolute Gasteiger partial charge is 0.147 e. The third kappa shape index (κ3) is 6.51. The van der Waals surface area contributed by atoms with E-state index < -0.39 is 0 Å². The van der Waals surface area contributed by atoms with Crippen LogP contribution in [0.15, 0.2) is 179 Å². The monoisotopic (exact) mass is 832 g/mol. The Labute approximate surface area is 375 Å². The van der Waals surface area contributed by atoms with Crippen molar-refractivity contribution in [3.05, 3.63) is 192 Å². The van der Waals surface area contributed by atoms with Crippen LogP contribution in [-0.2, 0) is 10.8 Å². The van der Waals surface area contributed by atoms with E-state index >= 15 is 0 Å². The number of hydrogen-bond acceptors (Lipinski definition) is 4. The van der Waals surface area contributed by atoms with E-state index in [0.717, 1.165) is 88.2 Å². The van der Waals surface area contributed by atoms with E-state index in [1.54, 1.807) is 0 Å². The van der Waals surface area contributed by atoms with Crippen molar-refractivity contribution in [3.63, 3.8) is 0 Å². The fourth-order valence-corrected chi connectivity index (χ4v) is 9.88. The lowest BCUT2D eigenvalue weighted by molar-refractivity contribution is 0.590. The summed E-state index contributed by atoms with van der Waals surface area (Å²) in [6, 6.07) is 61.7. The summed E-state index contributed by atoms with van der Waals surface area (Å²) in [7, 11) is 0. The molecule has 0 unspecified atom stereocenters. The lowest BCUT2D eigenvalue weighted by Crippen LogP contribution is -2.19. The molecule has 0 aliphatic rings. The molecule has 2 heterocycles. The molecular weight excluding hydrogens is 781 g/mol. The van der Waals surface area contributed by atoms with Gasteiger partial charge in [-0.1, -0.05) is 126 Å². The van der Waals surface area contributed by atoms with E-state index in [9.17, 15) is 0 Å². The second-order valence-electron chi connectivity index (χ2n) is 19.6. The summed E-state index contributed by atoms with van der Waals surface area (Å²) in [5, 5.41) is 8.77. The zero-order valence-electron chi connectivity index (χ0n) is 37.9. The van der Waals surface area contributed by atoms with E-state index in [-0.39, 0.29) is 10.8 Å². The molecule has 64 heavy (non-hydrogen) atoms. The Morgan fingerprint density at radius 1 is 0.359 bits per heavy atom. The minimum Gasteiger partial charge on any atom is -0.456 e. The van der Waals surface area contributed by atoms with E-state index in [2.05, 4.69) is 235 Å². The van der Waals surface area contributed by atoms with E-state index in [1.165, 1.54) is 33.6 Å². The van der Waals surface area contributed by atoms with Crippen molar-refractivity contribution in [2.75, 3.05) is 9.80 Å². The first-order chi connectivity index (χ1) is 30.8. The summed E-state index contributed by atoms with van der Waals surface area (Å²) in [5.41, 5.74) is 15.2. The van der Waals surface area contributed by atoms with Crippen LogP contribution in [0.5, 0.6) is 0 Å². The second kappa shape index (κ2) is 14.6. The van der Waals surface area contributed by atoms with Crippen LogP contribution in [0.2, 0.25) is 0 Å². The number of fused-ring (bicyclic) bond motifs is 9. The summed E-state index contributed by atoms with van der Waals surface area (Å²) >= 11 is 0. The Bertz CT molecular complexity index is 3630. The van der Waals surface area contributed by atoms with Crippen LogP contribution in [0.4, 0.5) is 34.1 Å². The van der Waals surface area contributed by atoms with Gasteiger partial charge in [0.1, 0.15) is 22.3 Å². The van der Waals surface area contributed by atoms with Gasteiger partial charge in [-0.3, -0.25) is 0 Å². The molecule has 11 rings (SSSR count). The molecule has 0 N–H and O–H groups in total. The highest BCUT2D eigenvalue weighted by molar-refractivity contribution is 6.24. The number of para-hydroxylation sites is 4. The first-order valence-electron chi connectivity index (χ1n) is 22.4. The largest absolute Gasteiger partial charge is 0.456 e. The van der Waals surface area contributed by atoms with Crippen LogP contribution in [0.1, 0.15) is 63.8 Å². The van der Waals surface area contributed by atoms with Gasteiger partial charge < -0.3 is 18.6 Å². The molecule has 4 heteroatoms. The van der Waals surface area contributed by atoms with Crippen LogP contribution >= 0.6 is 0 Å². The molecular formula is C60H52N2O2. The van der Waals surface area contributed by atoms with Gasteiger partial charge in [0, 0.05) is 50.3 Å². The predicted octanol–water partition coefficient (Wildman–Crippen LogP) is 17.9. The summed E-state index contributed by atoms with van der Waals surface area (Å²) in [4.78, 5) is 4.83. The molecule has 0 radical (unpaired) electrons. The number of benzene rings is 9. The number of hydrogen-bond donors (Lipinski definition) is 0. The molecule has 0 fully saturated rings. The van der Waals surface area contributed by atoms with Gasteiger partial charge in [0.25, 0.3) is 0 Å². The van der Waals surface area contributed by atoms with Gasteiger partial charge in [-0.2, -0.15) is 0 Å². The van der Waals surface area contributed by atoms with Crippen molar-refractivity contribution in [1.82, 2.24) is 0 Å². The molecule has 0 atom stereocenters. The van der Waals surface area contributed by atoms with Crippen molar-refractivity contribution < 1.29 is 8.83 Å². The van der Waals surface area contributed by atoms with Gasteiger partial charge in [-0.25, -0.2) is 0 Å². The number of nitrogens with zero attached hydrogens (tertiary/aromatic N) is 2. The average Bonchev–Trinajstić information content (AvgIpc) is 3.83. The van der Waals surface area contributed by atoms with Crippen molar-refractivity contribution >= 4 is 99.5 Å². The van der Waals surface area contributed by atoms with E-state index in [0.29, 0.717) is 0 Å². The quantitative estimate of drug-likeness (QED) is 0.167. The predicted molar refractivity (Wildman–Crippen MR) is 272 cm³/mol. The maximum Gasteiger partial charge on any atom is 0.147 e. The van der Waals surface area contributed by atoms with Gasteiger partial charge in [0.2, 0.25) is 0 Å². The minimum absolute atomic E-state index is 0.0474. The molecule has 4 nitrogen and oxygen atoms in total. The third-order valence-electron chi connectivity index (χ3n) is 13.1. The maximum absolute atomic E-state index is 6.92. The highest BCUT2D eigenvalue weighted by Gasteiger charge is 2.26. The number of furan rings is 2. The lowest BCUT2D eigenvalue weighted by Gasteiger charge is -2.33. The lowest BCUT2D eigenvalue weighted by atomic mass is 9.85. The van der Waals surface area contributed by atoms with Crippen LogP contribution < -0.4 is 9.80 Å². The first-order valence-corrected chi connectivity index (χ1v) is 22.4. The topological polar surface area (TPSA) is 32.8 Å². The molecule has 9 aromatic carbocycles. The van der Waals surface area contributed by atoms with Gasteiger partial charge in [0.15, 0.2) is 0 Å². The minimum atomic E-state index is -0.0475. The van der Waals surface area contributed by atoms with Crippen molar-refractivity contribution in [2.24, 2.45) is 0 Å². The molecule has 0 bridgehead atoms. The third-order valence-corrected chi connectivity index (χ3v) is 13.1. The highest BCUT2D eigenvalue weighted by Crippen LogP contribution is 2.47. The molecule has 0 saturated heterocycles. The molecule has 314 valence electrons. The standard InChI is InChI=1S/C60H52N2O2/c1-37-17-9-13-21-50(37)61(52-23-15-11-19-48(52)59(3,4)5)43-27-25-39-33-46-45-29-30-54-57(58(45)64-55(46)35-41(39)31-43)47-34-40-26-28-44(32-42(40)36-56(47)63-54)62(51-22-14-10-18-38(51)2)53-24-16-12-20-49(53)60(6,7)8/h9-36H,1-8H3. The van der Waals surface area contributed by atoms with Gasteiger partial charge in [0.05, 0.1) is 5.39 Å². The molecule has 0 amide bonds. The zero-order chi connectivity index (χ0) is 44.1. The first kappa shape index (κ1) is 39.5.